The predicted molar refractivity (Wildman–Crippen MR) is 106 cm³/mol. The van der Waals surface area contributed by atoms with E-state index in [2.05, 4.69) is 0 Å². The van der Waals surface area contributed by atoms with E-state index < -0.39 is 0 Å². The number of nitrogens with zero attached hydrogens (tertiary/aromatic N) is 1. The number of aromatic nitrogens is 1. The molecule has 0 spiro atoms. The van der Waals surface area contributed by atoms with Gasteiger partial charge in [-0.05, 0) is 37.1 Å². The number of carbonyl (C=O) groups excluding carboxylic acids is 2. The van der Waals surface area contributed by atoms with Gasteiger partial charge in [-0.2, -0.15) is 0 Å². The Morgan fingerprint density at radius 1 is 1.07 bits per heavy atom. The Hall–Kier alpha value is -3.28. The Balaban J connectivity index is 1.80. The molecule has 2 N–H and O–H groups in total. The molecule has 0 aliphatic carbocycles. The number of fused-ring (bicyclic) bond motifs is 1. The quantitative estimate of drug-likeness (QED) is 0.352. The second kappa shape index (κ2) is 8.61. The van der Waals surface area contributed by atoms with Gasteiger partial charge in [0.05, 0.1) is 6.61 Å². The van der Waals surface area contributed by atoms with Crippen molar-refractivity contribution in [3.05, 3.63) is 59.8 Å². The molecule has 0 saturated carbocycles. The highest BCUT2D eigenvalue weighted by atomic mass is 16.5. The van der Waals surface area contributed by atoms with Gasteiger partial charge in [-0.3, -0.25) is 9.59 Å². The van der Waals surface area contributed by atoms with Crippen molar-refractivity contribution in [1.82, 2.24) is 4.57 Å². The van der Waals surface area contributed by atoms with E-state index in [0.717, 1.165) is 10.9 Å². The normalized spacial score (nSPS) is 10.9. The van der Waals surface area contributed by atoms with Crippen LogP contribution >= 0.6 is 0 Å². The second-order valence-electron chi connectivity index (χ2n) is 6.58. The van der Waals surface area contributed by atoms with Crippen LogP contribution in [0.1, 0.15) is 35.7 Å². The molecule has 1 heterocycles. The van der Waals surface area contributed by atoms with Crippen molar-refractivity contribution in [3.63, 3.8) is 0 Å². The summed E-state index contributed by atoms with van der Waals surface area (Å²) in [6.45, 7) is 2.76. The van der Waals surface area contributed by atoms with Crippen LogP contribution in [0.5, 0.6) is 11.5 Å². The number of rotatable bonds is 8. The first-order chi connectivity index (χ1) is 13.5. The Labute approximate surface area is 163 Å². The maximum absolute atomic E-state index is 12.9. The van der Waals surface area contributed by atoms with E-state index in [-0.39, 0.29) is 29.7 Å². The molecule has 3 aromatic rings. The monoisotopic (exact) mass is 381 g/mol. The van der Waals surface area contributed by atoms with Crippen LogP contribution in [0.15, 0.2) is 48.7 Å². The van der Waals surface area contributed by atoms with Crippen LogP contribution in [0.25, 0.3) is 10.9 Å². The number of ketones is 1. The molecule has 0 radical (unpaired) electrons. The SMILES string of the molecule is CCOC(=O)CCCn1cc(C(=O)Cc2ccc(O)c(O)c2)c2ccccc21. The number of Topliss-reactive ketones (excluding diaryl/α,β-unsaturated/α-hetero) is 1. The van der Waals surface area contributed by atoms with Gasteiger partial charge in [0, 0.05) is 42.0 Å². The standard InChI is InChI=1S/C22H23NO5/c1-2-28-22(27)8-5-11-23-14-17(16-6-3-4-7-18(16)23)20(25)12-15-9-10-19(24)21(26)13-15/h3-4,6-7,9-10,13-14,24,26H,2,5,8,11-12H2,1H3. The van der Waals surface area contributed by atoms with Crippen molar-refractivity contribution >= 4 is 22.7 Å². The van der Waals surface area contributed by atoms with E-state index >= 15 is 0 Å². The Morgan fingerprint density at radius 2 is 1.86 bits per heavy atom. The summed E-state index contributed by atoms with van der Waals surface area (Å²) < 4.78 is 6.94. The molecule has 6 heteroatoms. The number of para-hydroxylation sites is 1. The smallest absolute Gasteiger partial charge is 0.305 e. The summed E-state index contributed by atoms with van der Waals surface area (Å²) in [6, 6.07) is 12.0. The summed E-state index contributed by atoms with van der Waals surface area (Å²) in [7, 11) is 0. The summed E-state index contributed by atoms with van der Waals surface area (Å²) >= 11 is 0. The number of hydrogen-bond acceptors (Lipinski definition) is 5. The maximum atomic E-state index is 12.9. The summed E-state index contributed by atoms with van der Waals surface area (Å²) in [4.78, 5) is 24.4. The van der Waals surface area contributed by atoms with Crippen LogP contribution in [-0.2, 0) is 22.5 Å². The largest absolute Gasteiger partial charge is 0.504 e. The van der Waals surface area contributed by atoms with Gasteiger partial charge in [-0.1, -0.05) is 24.3 Å². The zero-order chi connectivity index (χ0) is 20.1. The fourth-order valence-electron chi connectivity index (χ4n) is 3.24. The van der Waals surface area contributed by atoms with Gasteiger partial charge in [0.2, 0.25) is 0 Å². The lowest BCUT2D eigenvalue weighted by Crippen LogP contribution is -2.06. The molecule has 3 rings (SSSR count). The first-order valence-corrected chi connectivity index (χ1v) is 9.27. The lowest BCUT2D eigenvalue weighted by atomic mass is 10.0. The molecule has 0 saturated heterocycles. The third-order valence-corrected chi connectivity index (χ3v) is 4.58. The number of phenolic OH excluding ortho intramolecular Hbond substituents is 2. The number of carbonyl (C=O) groups is 2. The minimum absolute atomic E-state index is 0.0783. The zero-order valence-corrected chi connectivity index (χ0v) is 15.7. The van der Waals surface area contributed by atoms with Crippen LogP contribution in [0.3, 0.4) is 0 Å². The van der Waals surface area contributed by atoms with Crippen LogP contribution in [0.4, 0.5) is 0 Å². The Bertz CT molecular complexity index is 1010. The lowest BCUT2D eigenvalue weighted by Gasteiger charge is -2.05. The van der Waals surface area contributed by atoms with E-state index in [4.69, 9.17) is 4.74 Å². The highest BCUT2D eigenvalue weighted by Gasteiger charge is 2.16. The minimum atomic E-state index is -0.244. The molecule has 0 unspecified atom stereocenters. The molecule has 0 amide bonds. The second-order valence-corrected chi connectivity index (χ2v) is 6.58. The average Bonchev–Trinajstić information content (AvgIpc) is 3.04. The first-order valence-electron chi connectivity index (χ1n) is 9.27. The van der Waals surface area contributed by atoms with Crippen molar-refractivity contribution in [2.24, 2.45) is 0 Å². The number of hydrogen-bond donors (Lipinski definition) is 2. The molecule has 6 nitrogen and oxygen atoms in total. The van der Waals surface area contributed by atoms with Gasteiger partial charge >= 0.3 is 5.97 Å². The van der Waals surface area contributed by atoms with Gasteiger partial charge in [0.25, 0.3) is 0 Å². The number of aryl methyl sites for hydroxylation is 1. The van der Waals surface area contributed by atoms with Gasteiger partial charge in [0.1, 0.15) is 0 Å². The average molecular weight is 381 g/mol. The highest BCUT2D eigenvalue weighted by Crippen LogP contribution is 2.27. The summed E-state index contributed by atoms with van der Waals surface area (Å²) in [5.74, 6) is -0.756. The molecule has 0 bridgehead atoms. The zero-order valence-electron chi connectivity index (χ0n) is 15.7. The third kappa shape index (κ3) is 4.34. The summed E-state index contributed by atoms with van der Waals surface area (Å²) in [5.41, 5.74) is 2.15. The number of esters is 1. The molecule has 0 atom stereocenters. The van der Waals surface area contributed by atoms with Crippen molar-refractivity contribution in [3.8, 4) is 11.5 Å². The van der Waals surface area contributed by atoms with Crippen LogP contribution < -0.4 is 0 Å². The number of benzene rings is 2. The Morgan fingerprint density at radius 3 is 2.61 bits per heavy atom. The number of aromatic hydroxyl groups is 2. The highest BCUT2D eigenvalue weighted by molar-refractivity contribution is 6.08. The fourth-order valence-corrected chi connectivity index (χ4v) is 3.24. The van der Waals surface area contributed by atoms with E-state index in [0.29, 0.717) is 37.1 Å². The fraction of sp³-hybridized carbons (Fsp3) is 0.273. The van der Waals surface area contributed by atoms with Crippen molar-refractivity contribution in [2.75, 3.05) is 6.61 Å². The van der Waals surface area contributed by atoms with Crippen LogP contribution in [0.2, 0.25) is 0 Å². The molecule has 0 aliphatic rings. The number of ether oxygens (including phenoxy) is 1. The molecule has 1 aromatic heterocycles. The molecule has 0 aliphatic heterocycles. The van der Waals surface area contributed by atoms with Crippen molar-refractivity contribution in [1.29, 1.82) is 0 Å². The molecule has 2 aromatic carbocycles. The maximum Gasteiger partial charge on any atom is 0.305 e. The van der Waals surface area contributed by atoms with E-state index in [1.165, 1.54) is 12.1 Å². The summed E-state index contributed by atoms with van der Waals surface area (Å²) in [5, 5.41) is 19.9. The molecule has 0 fully saturated rings. The molecule has 28 heavy (non-hydrogen) atoms. The Kier molecular flexibility index (Phi) is 5.99. The lowest BCUT2D eigenvalue weighted by molar-refractivity contribution is -0.143. The van der Waals surface area contributed by atoms with Gasteiger partial charge in [-0.25, -0.2) is 0 Å². The molecular formula is C22H23NO5. The topological polar surface area (TPSA) is 88.8 Å². The van der Waals surface area contributed by atoms with Gasteiger partial charge in [-0.15, -0.1) is 0 Å². The van der Waals surface area contributed by atoms with Gasteiger partial charge in [0.15, 0.2) is 17.3 Å². The van der Waals surface area contributed by atoms with Crippen molar-refractivity contribution in [2.45, 2.75) is 32.7 Å². The molecule has 146 valence electrons. The van der Waals surface area contributed by atoms with Crippen molar-refractivity contribution < 1.29 is 24.5 Å². The first kappa shape index (κ1) is 19.5. The number of phenols is 2. The molecular weight excluding hydrogens is 358 g/mol. The van der Waals surface area contributed by atoms with E-state index in [1.54, 1.807) is 13.0 Å². The summed E-state index contributed by atoms with van der Waals surface area (Å²) in [6.07, 6.45) is 2.89. The van der Waals surface area contributed by atoms with Gasteiger partial charge < -0.3 is 19.5 Å². The van der Waals surface area contributed by atoms with E-state index in [1.807, 2.05) is 35.0 Å². The van der Waals surface area contributed by atoms with Crippen LogP contribution in [0, 0.1) is 0 Å². The van der Waals surface area contributed by atoms with Crippen LogP contribution in [-0.4, -0.2) is 33.1 Å². The predicted octanol–water partition coefficient (Wildman–Crippen LogP) is 3.82. The third-order valence-electron chi connectivity index (χ3n) is 4.58. The van der Waals surface area contributed by atoms with E-state index in [9.17, 15) is 19.8 Å². The minimum Gasteiger partial charge on any atom is -0.504 e.